The van der Waals surface area contributed by atoms with Crippen molar-refractivity contribution in [2.45, 2.75) is 19.0 Å². The molecule has 0 saturated carbocycles. The molecule has 1 aromatic heterocycles. The van der Waals surface area contributed by atoms with Crippen molar-refractivity contribution < 1.29 is 9.13 Å². The third-order valence-corrected chi connectivity index (χ3v) is 4.26. The molecule has 7 heteroatoms. The van der Waals surface area contributed by atoms with E-state index in [-0.39, 0.29) is 5.82 Å². The highest BCUT2D eigenvalue weighted by molar-refractivity contribution is 5.41. The van der Waals surface area contributed by atoms with Crippen molar-refractivity contribution in [3.8, 4) is 0 Å². The largest absolute Gasteiger partial charge is 0.377 e. The van der Waals surface area contributed by atoms with E-state index in [1.807, 2.05) is 11.7 Å². The first-order valence-corrected chi connectivity index (χ1v) is 7.79. The SMILES string of the molecule is CNCCn1cnc(N2CCOCC2(C)c2ccc(F)cc2)n1. The summed E-state index contributed by atoms with van der Waals surface area (Å²) in [7, 11) is 1.91. The van der Waals surface area contributed by atoms with Crippen molar-refractivity contribution in [1.82, 2.24) is 20.1 Å². The molecule has 1 saturated heterocycles. The Kier molecular flexibility index (Phi) is 4.58. The van der Waals surface area contributed by atoms with Crippen LogP contribution in [-0.4, -0.2) is 48.1 Å². The number of halogens is 1. The number of nitrogens with one attached hydrogen (secondary N) is 1. The first kappa shape index (κ1) is 15.9. The van der Waals surface area contributed by atoms with Crippen LogP contribution in [0.4, 0.5) is 10.3 Å². The van der Waals surface area contributed by atoms with Gasteiger partial charge in [-0.3, -0.25) is 0 Å². The summed E-state index contributed by atoms with van der Waals surface area (Å²) < 4.78 is 20.8. The topological polar surface area (TPSA) is 55.2 Å². The fourth-order valence-electron chi connectivity index (χ4n) is 2.86. The molecule has 0 amide bonds. The highest BCUT2D eigenvalue weighted by Crippen LogP contribution is 2.33. The van der Waals surface area contributed by atoms with Crippen LogP contribution in [0.25, 0.3) is 0 Å². The van der Waals surface area contributed by atoms with Crippen LogP contribution < -0.4 is 10.2 Å². The molecule has 1 N–H and O–H groups in total. The smallest absolute Gasteiger partial charge is 0.245 e. The van der Waals surface area contributed by atoms with Crippen molar-refractivity contribution in [2.75, 3.05) is 38.3 Å². The van der Waals surface area contributed by atoms with Gasteiger partial charge in [0, 0.05) is 13.1 Å². The number of hydrogen-bond acceptors (Lipinski definition) is 5. The Hall–Kier alpha value is -1.99. The Morgan fingerprint density at radius 3 is 2.87 bits per heavy atom. The number of ether oxygens (including phenoxy) is 1. The maximum absolute atomic E-state index is 13.2. The first-order valence-electron chi connectivity index (χ1n) is 7.79. The molecule has 124 valence electrons. The lowest BCUT2D eigenvalue weighted by atomic mass is 9.90. The molecule has 0 radical (unpaired) electrons. The van der Waals surface area contributed by atoms with Crippen molar-refractivity contribution >= 4 is 5.95 Å². The highest BCUT2D eigenvalue weighted by atomic mass is 19.1. The molecular weight excluding hydrogens is 297 g/mol. The number of likely N-dealkylation sites (N-methyl/N-ethyl adjacent to an activating group) is 1. The summed E-state index contributed by atoms with van der Waals surface area (Å²) in [6.07, 6.45) is 1.74. The normalized spacial score (nSPS) is 21.6. The van der Waals surface area contributed by atoms with E-state index in [1.165, 1.54) is 12.1 Å². The number of morpholine rings is 1. The van der Waals surface area contributed by atoms with Gasteiger partial charge in [0.15, 0.2) is 0 Å². The van der Waals surface area contributed by atoms with Crippen molar-refractivity contribution in [1.29, 1.82) is 0 Å². The average Bonchev–Trinajstić information content (AvgIpc) is 3.02. The number of nitrogens with zero attached hydrogens (tertiary/aromatic N) is 4. The number of benzene rings is 1. The molecule has 0 spiro atoms. The molecule has 1 atom stereocenters. The Morgan fingerprint density at radius 2 is 2.13 bits per heavy atom. The molecule has 23 heavy (non-hydrogen) atoms. The Bertz CT molecular complexity index is 644. The number of hydrogen-bond donors (Lipinski definition) is 1. The summed E-state index contributed by atoms with van der Waals surface area (Å²) in [6, 6.07) is 6.56. The standard InChI is InChI=1S/C16H22FN5O/c1-16(13-3-5-14(17)6-4-13)11-23-10-9-22(16)15-19-12-21(20-15)8-7-18-2/h3-6,12,18H,7-11H2,1-2H3. The van der Waals surface area contributed by atoms with Crippen LogP contribution in [0.3, 0.4) is 0 Å². The molecule has 2 aromatic rings. The average molecular weight is 319 g/mol. The minimum atomic E-state index is -0.416. The lowest BCUT2D eigenvalue weighted by molar-refractivity contribution is 0.0548. The van der Waals surface area contributed by atoms with Crippen LogP contribution in [0, 0.1) is 5.82 Å². The van der Waals surface area contributed by atoms with Crippen molar-refractivity contribution in [2.24, 2.45) is 0 Å². The third-order valence-electron chi connectivity index (χ3n) is 4.26. The molecule has 2 heterocycles. The van der Waals surface area contributed by atoms with E-state index >= 15 is 0 Å². The van der Waals surface area contributed by atoms with Gasteiger partial charge in [0.2, 0.25) is 5.95 Å². The van der Waals surface area contributed by atoms with Gasteiger partial charge >= 0.3 is 0 Å². The van der Waals surface area contributed by atoms with E-state index in [0.717, 1.165) is 18.7 Å². The zero-order valence-electron chi connectivity index (χ0n) is 13.5. The van der Waals surface area contributed by atoms with Crippen LogP contribution in [0.2, 0.25) is 0 Å². The van der Waals surface area contributed by atoms with E-state index in [4.69, 9.17) is 4.74 Å². The lowest BCUT2D eigenvalue weighted by Crippen LogP contribution is -2.53. The first-order chi connectivity index (χ1) is 11.1. The van der Waals surface area contributed by atoms with E-state index in [2.05, 4.69) is 27.2 Å². The molecular formula is C16H22FN5O. The molecule has 1 aliphatic rings. The molecule has 1 aromatic carbocycles. The molecule has 0 bridgehead atoms. The van der Waals surface area contributed by atoms with Crippen LogP contribution in [0.15, 0.2) is 30.6 Å². The van der Waals surface area contributed by atoms with Gasteiger partial charge in [-0.05, 0) is 31.7 Å². The van der Waals surface area contributed by atoms with Gasteiger partial charge in [-0.1, -0.05) is 12.1 Å². The molecule has 0 aliphatic carbocycles. The maximum atomic E-state index is 13.2. The van der Waals surface area contributed by atoms with Gasteiger partial charge in [-0.25, -0.2) is 14.1 Å². The van der Waals surface area contributed by atoms with Gasteiger partial charge in [0.1, 0.15) is 12.1 Å². The van der Waals surface area contributed by atoms with Gasteiger partial charge in [0.25, 0.3) is 0 Å². The molecule has 1 unspecified atom stereocenters. The molecule has 3 rings (SSSR count). The summed E-state index contributed by atoms with van der Waals surface area (Å²) in [5.74, 6) is 0.436. The predicted octanol–water partition coefficient (Wildman–Crippen LogP) is 1.39. The Morgan fingerprint density at radius 1 is 1.35 bits per heavy atom. The highest BCUT2D eigenvalue weighted by Gasteiger charge is 2.39. The van der Waals surface area contributed by atoms with Crippen LogP contribution in [-0.2, 0) is 16.8 Å². The Labute approximate surface area is 135 Å². The quantitative estimate of drug-likeness (QED) is 0.902. The lowest BCUT2D eigenvalue weighted by Gasteiger charge is -2.44. The minimum absolute atomic E-state index is 0.241. The molecule has 6 nitrogen and oxygen atoms in total. The summed E-state index contributed by atoms with van der Waals surface area (Å²) >= 11 is 0. The second-order valence-electron chi connectivity index (χ2n) is 5.90. The maximum Gasteiger partial charge on any atom is 0.245 e. The molecule has 1 aliphatic heterocycles. The summed E-state index contributed by atoms with van der Waals surface area (Å²) in [5, 5.41) is 7.67. The van der Waals surface area contributed by atoms with Gasteiger partial charge < -0.3 is 15.0 Å². The number of anilines is 1. The van der Waals surface area contributed by atoms with E-state index < -0.39 is 5.54 Å². The van der Waals surface area contributed by atoms with E-state index in [1.54, 1.807) is 18.5 Å². The fraction of sp³-hybridized carbons (Fsp3) is 0.500. The van der Waals surface area contributed by atoms with Crippen LogP contribution in [0.1, 0.15) is 12.5 Å². The monoisotopic (exact) mass is 319 g/mol. The van der Waals surface area contributed by atoms with Gasteiger partial charge in [-0.2, -0.15) is 0 Å². The van der Waals surface area contributed by atoms with Crippen LogP contribution in [0.5, 0.6) is 0 Å². The zero-order valence-corrected chi connectivity index (χ0v) is 13.5. The summed E-state index contributed by atoms with van der Waals surface area (Å²) in [5.41, 5.74) is 0.575. The van der Waals surface area contributed by atoms with Gasteiger partial charge in [-0.15, -0.1) is 5.10 Å². The summed E-state index contributed by atoms with van der Waals surface area (Å²) in [4.78, 5) is 6.59. The van der Waals surface area contributed by atoms with Crippen molar-refractivity contribution in [3.63, 3.8) is 0 Å². The third kappa shape index (κ3) is 3.20. The van der Waals surface area contributed by atoms with Crippen LogP contribution >= 0.6 is 0 Å². The van der Waals surface area contributed by atoms with Crippen molar-refractivity contribution in [3.05, 3.63) is 42.0 Å². The number of rotatable bonds is 5. The van der Waals surface area contributed by atoms with Gasteiger partial charge in [0.05, 0.1) is 25.3 Å². The summed E-state index contributed by atoms with van der Waals surface area (Å²) in [6.45, 7) is 5.52. The zero-order chi connectivity index (χ0) is 16.3. The van der Waals surface area contributed by atoms with E-state index in [9.17, 15) is 4.39 Å². The second-order valence-corrected chi connectivity index (χ2v) is 5.90. The van der Waals surface area contributed by atoms with E-state index in [0.29, 0.717) is 25.7 Å². The second kappa shape index (κ2) is 6.64. The molecule has 1 fully saturated rings. The number of aromatic nitrogens is 3. The Balaban J connectivity index is 1.88. The minimum Gasteiger partial charge on any atom is -0.377 e. The predicted molar refractivity (Wildman–Crippen MR) is 85.9 cm³/mol. The fourth-order valence-corrected chi connectivity index (χ4v) is 2.86.